The van der Waals surface area contributed by atoms with Gasteiger partial charge in [0.1, 0.15) is 17.6 Å². The number of carbonyl (C=O) groups excluding carboxylic acids is 1. The van der Waals surface area contributed by atoms with Gasteiger partial charge in [-0.05, 0) is 36.8 Å². The van der Waals surface area contributed by atoms with Gasteiger partial charge in [0, 0.05) is 18.9 Å². The normalized spacial score (nSPS) is 33.6. The van der Waals surface area contributed by atoms with Crippen LogP contribution in [0.2, 0.25) is 0 Å². The quantitative estimate of drug-likeness (QED) is 0.806. The molecule has 1 aliphatic heterocycles. The number of allylic oxidation sites excluding steroid dienone is 2. The Bertz CT molecular complexity index is 591. The molecule has 1 saturated carbocycles. The highest BCUT2D eigenvalue weighted by Gasteiger charge is 2.43. The summed E-state index contributed by atoms with van der Waals surface area (Å²) in [4.78, 5) is 15.0. The summed E-state index contributed by atoms with van der Waals surface area (Å²) in [5.41, 5.74) is 0. The number of amides is 1. The van der Waals surface area contributed by atoms with Crippen molar-refractivity contribution in [2.45, 2.75) is 32.2 Å². The van der Waals surface area contributed by atoms with Gasteiger partial charge < -0.3 is 14.1 Å². The Morgan fingerprint density at radius 3 is 2.91 bits per heavy atom. The van der Waals surface area contributed by atoms with E-state index in [1.807, 2.05) is 17.0 Å². The molecule has 1 aromatic rings. The number of nitrogens with zero attached hydrogens (tertiary/aromatic N) is 1. The van der Waals surface area contributed by atoms with Crippen LogP contribution in [0, 0.1) is 17.8 Å². The molecule has 1 aromatic heterocycles. The largest absolute Gasteiger partial charge is 0.464 e. The number of ether oxygens (including phenoxy) is 1. The van der Waals surface area contributed by atoms with Crippen molar-refractivity contribution >= 4 is 5.91 Å². The van der Waals surface area contributed by atoms with E-state index in [4.69, 9.17) is 9.15 Å². The van der Waals surface area contributed by atoms with E-state index in [0.29, 0.717) is 37.5 Å². The average Bonchev–Trinajstić information content (AvgIpc) is 3.30. The standard InChI is InChI=1S/C18H23NO3/c1-2-14-5-6-17(22-14)16-11-21-8-7-19(16)18(20)15-10-12-3-4-13(15)9-12/h3-6,12-13,15-16H,2,7-11H2,1H3/t12-,13-,15+,16-/m0/s1. The molecule has 0 unspecified atom stereocenters. The van der Waals surface area contributed by atoms with E-state index >= 15 is 0 Å². The molecule has 1 saturated heterocycles. The summed E-state index contributed by atoms with van der Waals surface area (Å²) in [5.74, 6) is 3.35. The summed E-state index contributed by atoms with van der Waals surface area (Å²) < 4.78 is 11.5. The fourth-order valence-electron chi connectivity index (χ4n) is 4.14. The highest BCUT2D eigenvalue weighted by Crippen LogP contribution is 2.45. The van der Waals surface area contributed by atoms with Gasteiger partial charge in [0.15, 0.2) is 0 Å². The highest BCUT2D eigenvalue weighted by molar-refractivity contribution is 5.80. The molecule has 118 valence electrons. The second kappa shape index (κ2) is 5.58. The van der Waals surface area contributed by atoms with Gasteiger partial charge in [-0.2, -0.15) is 0 Å². The molecule has 2 fully saturated rings. The SMILES string of the molecule is CCc1ccc([C@@H]2COCCN2C(=O)[C@@H]2C[C@H]3C=C[C@H]2C3)o1. The second-order valence-corrected chi connectivity index (χ2v) is 6.67. The van der Waals surface area contributed by atoms with Crippen molar-refractivity contribution in [3.63, 3.8) is 0 Å². The van der Waals surface area contributed by atoms with Crippen molar-refractivity contribution in [2.24, 2.45) is 17.8 Å². The Morgan fingerprint density at radius 2 is 2.23 bits per heavy atom. The van der Waals surface area contributed by atoms with Crippen molar-refractivity contribution in [1.29, 1.82) is 0 Å². The number of carbonyl (C=O) groups is 1. The lowest BCUT2D eigenvalue weighted by Gasteiger charge is -2.37. The Balaban J connectivity index is 1.55. The van der Waals surface area contributed by atoms with Crippen molar-refractivity contribution < 1.29 is 13.9 Å². The van der Waals surface area contributed by atoms with Crippen molar-refractivity contribution in [3.8, 4) is 0 Å². The Morgan fingerprint density at radius 1 is 1.32 bits per heavy atom. The number of rotatable bonds is 3. The molecule has 1 amide bonds. The summed E-state index contributed by atoms with van der Waals surface area (Å²) in [6.07, 6.45) is 7.58. The maximum Gasteiger partial charge on any atom is 0.227 e. The van der Waals surface area contributed by atoms with Crippen LogP contribution >= 0.6 is 0 Å². The molecule has 22 heavy (non-hydrogen) atoms. The van der Waals surface area contributed by atoms with E-state index in [9.17, 15) is 4.79 Å². The number of aryl methyl sites for hydroxylation is 1. The van der Waals surface area contributed by atoms with Gasteiger partial charge in [-0.25, -0.2) is 0 Å². The Labute approximate surface area is 131 Å². The van der Waals surface area contributed by atoms with Crippen LogP contribution < -0.4 is 0 Å². The number of hydrogen-bond acceptors (Lipinski definition) is 3. The van der Waals surface area contributed by atoms with E-state index in [0.717, 1.165) is 30.8 Å². The van der Waals surface area contributed by atoms with E-state index < -0.39 is 0 Å². The molecule has 2 heterocycles. The van der Waals surface area contributed by atoms with Gasteiger partial charge in [0.2, 0.25) is 5.91 Å². The molecule has 2 bridgehead atoms. The molecule has 0 aromatic carbocycles. The maximum atomic E-state index is 13.0. The fourth-order valence-corrected chi connectivity index (χ4v) is 4.14. The van der Waals surface area contributed by atoms with Gasteiger partial charge in [-0.3, -0.25) is 4.79 Å². The minimum Gasteiger partial charge on any atom is -0.464 e. The predicted molar refractivity (Wildman–Crippen MR) is 82.2 cm³/mol. The zero-order valence-corrected chi connectivity index (χ0v) is 13.0. The summed E-state index contributed by atoms with van der Waals surface area (Å²) in [5, 5.41) is 0. The van der Waals surface area contributed by atoms with E-state index in [1.165, 1.54) is 0 Å². The average molecular weight is 301 g/mol. The fraction of sp³-hybridized carbons (Fsp3) is 0.611. The molecular formula is C18H23NO3. The molecule has 4 heteroatoms. The smallest absolute Gasteiger partial charge is 0.227 e. The van der Waals surface area contributed by atoms with Crippen molar-refractivity contribution in [3.05, 3.63) is 35.8 Å². The summed E-state index contributed by atoms with van der Waals surface area (Å²) in [6.45, 7) is 3.91. The van der Waals surface area contributed by atoms with Gasteiger partial charge >= 0.3 is 0 Å². The molecule has 2 aliphatic carbocycles. The summed E-state index contributed by atoms with van der Waals surface area (Å²) in [7, 11) is 0. The first-order valence-electron chi connectivity index (χ1n) is 8.41. The maximum absolute atomic E-state index is 13.0. The van der Waals surface area contributed by atoms with Gasteiger partial charge in [0.05, 0.1) is 13.2 Å². The molecular weight excluding hydrogens is 278 g/mol. The number of hydrogen-bond donors (Lipinski definition) is 0. The van der Waals surface area contributed by atoms with Crippen LogP contribution in [-0.4, -0.2) is 30.6 Å². The number of morpholine rings is 1. The van der Waals surface area contributed by atoms with Crippen LogP contribution in [0.25, 0.3) is 0 Å². The van der Waals surface area contributed by atoms with Gasteiger partial charge in [0.25, 0.3) is 0 Å². The monoisotopic (exact) mass is 301 g/mol. The summed E-state index contributed by atoms with van der Waals surface area (Å²) >= 11 is 0. The lowest BCUT2D eigenvalue weighted by atomic mass is 9.91. The van der Waals surface area contributed by atoms with Crippen LogP contribution in [0.3, 0.4) is 0 Å². The number of fused-ring (bicyclic) bond motifs is 2. The second-order valence-electron chi connectivity index (χ2n) is 6.67. The first kappa shape index (κ1) is 14.1. The lowest BCUT2D eigenvalue weighted by molar-refractivity contribution is -0.146. The zero-order valence-electron chi connectivity index (χ0n) is 13.0. The van der Waals surface area contributed by atoms with E-state index in [1.54, 1.807) is 0 Å². The number of furan rings is 1. The minimum absolute atomic E-state index is 0.0651. The Hall–Kier alpha value is -1.55. The van der Waals surface area contributed by atoms with E-state index in [-0.39, 0.29) is 12.0 Å². The van der Waals surface area contributed by atoms with Crippen LogP contribution in [0.15, 0.2) is 28.7 Å². The molecule has 4 atom stereocenters. The molecule has 0 spiro atoms. The molecule has 4 rings (SSSR count). The minimum atomic E-state index is -0.0651. The van der Waals surface area contributed by atoms with Gasteiger partial charge in [-0.1, -0.05) is 19.1 Å². The first-order chi connectivity index (χ1) is 10.8. The third kappa shape index (κ3) is 2.30. The van der Waals surface area contributed by atoms with Crippen LogP contribution in [-0.2, 0) is 16.0 Å². The topological polar surface area (TPSA) is 42.7 Å². The molecule has 4 nitrogen and oxygen atoms in total. The highest BCUT2D eigenvalue weighted by atomic mass is 16.5. The van der Waals surface area contributed by atoms with Crippen molar-refractivity contribution in [2.75, 3.05) is 19.8 Å². The van der Waals surface area contributed by atoms with Crippen LogP contribution in [0.5, 0.6) is 0 Å². The van der Waals surface area contributed by atoms with Crippen molar-refractivity contribution in [1.82, 2.24) is 4.90 Å². The Kier molecular flexibility index (Phi) is 3.57. The third-order valence-electron chi connectivity index (χ3n) is 5.37. The summed E-state index contributed by atoms with van der Waals surface area (Å²) in [6, 6.07) is 3.94. The van der Waals surface area contributed by atoms with Gasteiger partial charge in [-0.15, -0.1) is 0 Å². The predicted octanol–water partition coefficient (Wildman–Crippen LogP) is 2.95. The molecule has 3 aliphatic rings. The zero-order chi connectivity index (χ0) is 15.1. The van der Waals surface area contributed by atoms with Crippen LogP contribution in [0.4, 0.5) is 0 Å². The molecule has 0 radical (unpaired) electrons. The van der Waals surface area contributed by atoms with E-state index in [2.05, 4.69) is 19.1 Å². The van der Waals surface area contributed by atoms with Crippen LogP contribution in [0.1, 0.15) is 37.3 Å². The first-order valence-corrected chi connectivity index (χ1v) is 8.41. The lowest BCUT2D eigenvalue weighted by Crippen LogP contribution is -2.46. The molecule has 0 N–H and O–H groups in total. The third-order valence-corrected chi connectivity index (χ3v) is 5.37.